The minimum atomic E-state index is -0.0928. The zero-order chi connectivity index (χ0) is 7.56. The molecule has 10 heavy (non-hydrogen) atoms. The van der Waals surface area contributed by atoms with E-state index in [4.69, 9.17) is 17.3 Å². The highest BCUT2D eigenvalue weighted by atomic mass is 79.9. The molecule has 1 nitrogen and oxygen atoms in total. The van der Waals surface area contributed by atoms with Crippen molar-refractivity contribution in [3.63, 3.8) is 0 Å². The second-order valence-electron chi connectivity index (χ2n) is 1.95. The van der Waals surface area contributed by atoms with Crippen molar-refractivity contribution in [2.45, 2.75) is 4.95 Å². The minimum Gasteiger partial charge on any atom is -0.315 e. The van der Waals surface area contributed by atoms with Gasteiger partial charge in [0.25, 0.3) is 0 Å². The van der Waals surface area contributed by atoms with Crippen LogP contribution >= 0.6 is 27.5 Å². The predicted octanol–water partition coefficient (Wildman–Crippen LogP) is 2.69. The third-order valence-corrected chi connectivity index (χ3v) is 1.97. The smallest absolute Gasteiger partial charge is 0.0861 e. The summed E-state index contributed by atoms with van der Waals surface area (Å²) >= 11 is 8.90. The molecule has 2 N–H and O–H groups in total. The predicted molar refractivity (Wildman–Crippen MR) is 47.3 cm³/mol. The quantitative estimate of drug-likeness (QED) is 0.571. The van der Waals surface area contributed by atoms with Crippen LogP contribution in [0.5, 0.6) is 0 Å². The maximum absolute atomic E-state index is 5.66. The molecule has 0 saturated carbocycles. The topological polar surface area (TPSA) is 26.0 Å². The number of benzene rings is 1. The van der Waals surface area contributed by atoms with E-state index in [2.05, 4.69) is 15.9 Å². The van der Waals surface area contributed by atoms with Gasteiger partial charge >= 0.3 is 0 Å². The molecule has 0 aliphatic carbocycles. The van der Waals surface area contributed by atoms with Crippen LogP contribution in [0.25, 0.3) is 0 Å². The number of alkyl halides is 1. The molecule has 1 aromatic carbocycles. The van der Waals surface area contributed by atoms with Crippen LogP contribution in [0.2, 0.25) is 5.02 Å². The fraction of sp³-hybridized carbons (Fsp3) is 0.143. The minimum absolute atomic E-state index is 0.0928. The van der Waals surface area contributed by atoms with Gasteiger partial charge in [-0.15, -0.1) is 0 Å². The Hall–Kier alpha value is -0.0500. The summed E-state index contributed by atoms with van der Waals surface area (Å²) < 4.78 is 0. The zero-order valence-electron chi connectivity index (χ0n) is 5.22. The second kappa shape index (κ2) is 3.37. The van der Waals surface area contributed by atoms with Crippen molar-refractivity contribution in [1.82, 2.24) is 0 Å². The van der Waals surface area contributed by atoms with Gasteiger partial charge in [-0.25, -0.2) is 0 Å². The molecule has 54 valence electrons. The van der Waals surface area contributed by atoms with Gasteiger partial charge in [0.2, 0.25) is 0 Å². The van der Waals surface area contributed by atoms with Gasteiger partial charge in [-0.05, 0) is 17.7 Å². The second-order valence-corrected chi connectivity index (χ2v) is 3.38. The van der Waals surface area contributed by atoms with E-state index in [0.717, 1.165) is 10.6 Å². The molecule has 0 aliphatic heterocycles. The molecular weight excluding hydrogens is 213 g/mol. The number of hydrogen-bond acceptors (Lipinski definition) is 1. The molecule has 1 aromatic rings. The van der Waals surface area contributed by atoms with E-state index in [1.807, 2.05) is 24.3 Å². The third kappa shape index (κ3) is 1.97. The van der Waals surface area contributed by atoms with E-state index >= 15 is 0 Å². The largest absolute Gasteiger partial charge is 0.315 e. The maximum Gasteiger partial charge on any atom is 0.0861 e. The van der Waals surface area contributed by atoms with Crippen LogP contribution in [0, 0.1) is 0 Å². The summed E-state index contributed by atoms with van der Waals surface area (Å²) in [6.45, 7) is 0. The van der Waals surface area contributed by atoms with Gasteiger partial charge in [0.05, 0.1) is 4.95 Å². The molecule has 0 heterocycles. The highest BCUT2D eigenvalue weighted by Crippen LogP contribution is 2.18. The van der Waals surface area contributed by atoms with Crippen molar-refractivity contribution in [3.05, 3.63) is 34.9 Å². The molecule has 0 bridgehead atoms. The standard InChI is InChI=1S/C7H7BrClN/c8-7(10)5-1-3-6(9)4-2-5/h1-4,7H,10H2. The van der Waals surface area contributed by atoms with Crippen LogP contribution in [0.3, 0.4) is 0 Å². The summed E-state index contributed by atoms with van der Waals surface area (Å²) in [7, 11) is 0. The van der Waals surface area contributed by atoms with Crippen molar-refractivity contribution in [1.29, 1.82) is 0 Å². The van der Waals surface area contributed by atoms with Gasteiger partial charge in [0, 0.05) is 5.02 Å². The van der Waals surface area contributed by atoms with Crippen LogP contribution in [0.15, 0.2) is 24.3 Å². The Morgan fingerprint density at radius 2 is 1.80 bits per heavy atom. The lowest BCUT2D eigenvalue weighted by Crippen LogP contribution is -2.00. The average Bonchev–Trinajstić information content (AvgIpc) is 1.88. The summed E-state index contributed by atoms with van der Waals surface area (Å²) in [5.41, 5.74) is 6.57. The number of halogens is 2. The zero-order valence-corrected chi connectivity index (χ0v) is 7.56. The van der Waals surface area contributed by atoms with E-state index in [1.165, 1.54) is 0 Å². The van der Waals surface area contributed by atoms with Gasteiger partial charge in [-0.2, -0.15) is 0 Å². The lowest BCUT2D eigenvalue weighted by atomic mass is 10.2. The van der Waals surface area contributed by atoms with E-state index < -0.39 is 0 Å². The Bertz CT molecular complexity index is 207. The number of hydrogen-bond donors (Lipinski definition) is 1. The van der Waals surface area contributed by atoms with E-state index in [9.17, 15) is 0 Å². The average molecular weight is 220 g/mol. The molecule has 0 aromatic heterocycles. The fourth-order valence-electron chi connectivity index (χ4n) is 0.647. The molecule has 0 aliphatic rings. The van der Waals surface area contributed by atoms with Crippen molar-refractivity contribution >= 4 is 27.5 Å². The first kappa shape index (κ1) is 8.05. The highest BCUT2D eigenvalue weighted by molar-refractivity contribution is 9.09. The van der Waals surface area contributed by atoms with Crippen LogP contribution in [0.1, 0.15) is 10.5 Å². The molecule has 0 fully saturated rings. The van der Waals surface area contributed by atoms with Gasteiger partial charge in [0.15, 0.2) is 0 Å². The Morgan fingerprint density at radius 3 is 2.20 bits per heavy atom. The highest BCUT2D eigenvalue weighted by Gasteiger charge is 1.98. The van der Waals surface area contributed by atoms with E-state index in [0.29, 0.717) is 0 Å². The molecule has 0 radical (unpaired) electrons. The molecule has 1 rings (SSSR count). The van der Waals surface area contributed by atoms with Crippen molar-refractivity contribution in [3.8, 4) is 0 Å². The summed E-state index contributed by atoms with van der Waals surface area (Å²) in [6, 6.07) is 7.42. The molecule has 3 heteroatoms. The van der Waals surface area contributed by atoms with Crippen molar-refractivity contribution < 1.29 is 0 Å². The molecule has 0 amide bonds. The number of rotatable bonds is 1. The summed E-state index contributed by atoms with van der Waals surface area (Å²) in [6.07, 6.45) is 0. The first-order valence-corrected chi connectivity index (χ1v) is 4.14. The van der Waals surface area contributed by atoms with Crippen LogP contribution in [0.4, 0.5) is 0 Å². The molecule has 1 unspecified atom stereocenters. The summed E-state index contributed by atoms with van der Waals surface area (Å²) in [5.74, 6) is 0. The van der Waals surface area contributed by atoms with Crippen LogP contribution < -0.4 is 5.73 Å². The monoisotopic (exact) mass is 219 g/mol. The Kier molecular flexibility index (Phi) is 2.72. The van der Waals surface area contributed by atoms with Crippen LogP contribution in [-0.4, -0.2) is 0 Å². The Balaban J connectivity index is 2.89. The van der Waals surface area contributed by atoms with E-state index in [-0.39, 0.29) is 4.95 Å². The third-order valence-electron chi connectivity index (χ3n) is 1.19. The Labute approximate surface area is 73.3 Å². The van der Waals surface area contributed by atoms with Gasteiger partial charge in [-0.1, -0.05) is 39.7 Å². The fourth-order valence-corrected chi connectivity index (χ4v) is 1.08. The van der Waals surface area contributed by atoms with E-state index in [1.54, 1.807) is 0 Å². The van der Waals surface area contributed by atoms with Crippen molar-refractivity contribution in [2.24, 2.45) is 5.73 Å². The SMILES string of the molecule is NC(Br)c1ccc(Cl)cc1. The summed E-state index contributed by atoms with van der Waals surface area (Å²) in [5, 5.41) is 0.733. The number of nitrogens with two attached hydrogens (primary N) is 1. The van der Waals surface area contributed by atoms with Gasteiger partial charge in [-0.3, -0.25) is 0 Å². The lowest BCUT2D eigenvalue weighted by Gasteiger charge is -2.01. The van der Waals surface area contributed by atoms with Gasteiger partial charge in [0.1, 0.15) is 0 Å². The molecule has 0 spiro atoms. The Morgan fingerprint density at radius 1 is 1.30 bits per heavy atom. The first-order valence-electron chi connectivity index (χ1n) is 2.85. The molecule has 0 saturated heterocycles. The normalized spacial score (nSPS) is 13.1. The lowest BCUT2D eigenvalue weighted by molar-refractivity contribution is 1.06. The summed E-state index contributed by atoms with van der Waals surface area (Å²) in [4.78, 5) is -0.0928. The molecular formula is C7H7BrClN. The van der Waals surface area contributed by atoms with Crippen molar-refractivity contribution in [2.75, 3.05) is 0 Å². The maximum atomic E-state index is 5.66. The van der Waals surface area contributed by atoms with Crippen LogP contribution in [-0.2, 0) is 0 Å². The molecule has 1 atom stereocenters. The van der Waals surface area contributed by atoms with Gasteiger partial charge < -0.3 is 5.73 Å². The first-order chi connectivity index (χ1) is 4.70.